The van der Waals surface area contributed by atoms with Crippen LogP contribution in [0.15, 0.2) is 21.0 Å². The molecule has 5 heteroatoms. The number of aromatic nitrogens is 2. The largest absolute Gasteiger partial charge is 0.465 e. The van der Waals surface area contributed by atoms with Gasteiger partial charge >= 0.3 is 0 Å². The molecule has 0 aliphatic heterocycles. The fourth-order valence-electron chi connectivity index (χ4n) is 2.24. The fourth-order valence-corrected chi connectivity index (χ4v) is 2.69. The lowest BCUT2D eigenvalue weighted by Gasteiger charge is -2.15. The average Bonchev–Trinajstić information content (AvgIpc) is 2.93. The number of hydrogen-bond donors (Lipinski definition) is 1. The molecule has 0 aliphatic carbocycles. The summed E-state index contributed by atoms with van der Waals surface area (Å²) in [4.78, 5) is 0. The van der Waals surface area contributed by atoms with Gasteiger partial charge in [0, 0.05) is 13.0 Å². The Hall–Kier alpha value is -1.07. The van der Waals surface area contributed by atoms with Gasteiger partial charge in [0.15, 0.2) is 0 Å². The van der Waals surface area contributed by atoms with E-state index in [9.17, 15) is 0 Å². The number of nitrogens with zero attached hydrogens (tertiary/aromatic N) is 2. The van der Waals surface area contributed by atoms with Gasteiger partial charge in [-0.2, -0.15) is 5.10 Å². The summed E-state index contributed by atoms with van der Waals surface area (Å²) in [5.41, 5.74) is 2.23. The maximum absolute atomic E-state index is 5.72. The van der Waals surface area contributed by atoms with Gasteiger partial charge in [-0.25, -0.2) is 0 Å². The van der Waals surface area contributed by atoms with Crippen molar-refractivity contribution in [1.82, 2.24) is 15.1 Å². The molecule has 0 radical (unpaired) electrons. The van der Waals surface area contributed by atoms with Crippen LogP contribution >= 0.6 is 15.9 Å². The van der Waals surface area contributed by atoms with Crippen molar-refractivity contribution in [2.24, 2.45) is 0 Å². The van der Waals surface area contributed by atoms with Crippen LogP contribution < -0.4 is 5.32 Å². The Kier molecular flexibility index (Phi) is 4.47. The van der Waals surface area contributed by atoms with Crippen molar-refractivity contribution in [1.29, 1.82) is 0 Å². The van der Waals surface area contributed by atoms with Crippen molar-refractivity contribution >= 4 is 15.9 Å². The molecule has 0 aromatic carbocycles. The molecule has 0 bridgehead atoms. The molecule has 2 aromatic heterocycles. The molecule has 0 fully saturated rings. The predicted molar refractivity (Wildman–Crippen MR) is 79.3 cm³/mol. The van der Waals surface area contributed by atoms with E-state index in [1.54, 1.807) is 0 Å². The van der Waals surface area contributed by atoms with Gasteiger partial charge in [0.2, 0.25) is 0 Å². The Labute approximate surface area is 122 Å². The van der Waals surface area contributed by atoms with Crippen molar-refractivity contribution in [3.8, 4) is 0 Å². The lowest BCUT2D eigenvalue weighted by Crippen LogP contribution is -2.20. The van der Waals surface area contributed by atoms with Gasteiger partial charge in [0.1, 0.15) is 11.5 Å². The molecular formula is C14H20BrN3O. The second kappa shape index (κ2) is 5.92. The molecule has 1 N–H and O–H groups in total. The summed E-state index contributed by atoms with van der Waals surface area (Å²) in [6.45, 7) is 6.96. The number of aryl methyl sites for hydroxylation is 3. The molecule has 1 unspecified atom stereocenters. The number of halogens is 1. The lowest BCUT2D eigenvalue weighted by atomic mass is 10.1. The van der Waals surface area contributed by atoms with E-state index < -0.39 is 0 Å². The standard InChI is InChI=1S/C14H20BrN3O/c1-5-18-12(14(15)10(3)17-18)8-11(16-4)13-7-6-9(2)19-13/h6-7,11,16H,5,8H2,1-4H3. The maximum atomic E-state index is 5.72. The highest BCUT2D eigenvalue weighted by molar-refractivity contribution is 9.10. The van der Waals surface area contributed by atoms with Crippen LogP contribution in [0.2, 0.25) is 0 Å². The van der Waals surface area contributed by atoms with E-state index in [1.165, 1.54) is 5.69 Å². The Balaban J connectivity index is 2.28. The highest BCUT2D eigenvalue weighted by Gasteiger charge is 2.19. The van der Waals surface area contributed by atoms with Crippen molar-refractivity contribution in [2.45, 2.75) is 39.8 Å². The summed E-state index contributed by atoms with van der Waals surface area (Å²) < 4.78 is 8.86. The second-order valence-corrected chi connectivity index (χ2v) is 5.45. The van der Waals surface area contributed by atoms with Crippen molar-refractivity contribution in [3.63, 3.8) is 0 Å². The van der Waals surface area contributed by atoms with Gasteiger partial charge in [-0.1, -0.05) is 0 Å². The summed E-state index contributed by atoms with van der Waals surface area (Å²) in [6.07, 6.45) is 0.846. The van der Waals surface area contributed by atoms with Gasteiger partial charge < -0.3 is 9.73 Å². The molecule has 0 amide bonds. The molecule has 2 heterocycles. The third-order valence-corrected chi connectivity index (χ3v) is 4.33. The first-order chi connectivity index (χ1) is 9.06. The highest BCUT2D eigenvalue weighted by Crippen LogP contribution is 2.27. The van der Waals surface area contributed by atoms with E-state index >= 15 is 0 Å². The minimum absolute atomic E-state index is 0.159. The molecular weight excluding hydrogens is 306 g/mol. The van der Waals surface area contributed by atoms with Gasteiger partial charge in [-0.15, -0.1) is 0 Å². The first-order valence-corrected chi connectivity index (χ1v) is 7.31. The van der Waals surface area contributed by atoms with Gasteiger partial charge in [-0.05, 0) is 55.9 Å². The molecule has 2 aromatic rings. The highest BCUT2D eigenvalue weighted by atomic mass is 79.9. The topological polar surface area (TPSA) is 43.0 Å². The predicted octanol–water partition coefficient (Wildman–Crippen LogP) is 3.38. The first kappa shape index (κ1) is 14.3. The fraction of sp³-hybridized carbons (Fsp3) is 0.500. The normalized spacial score (nSPS) is 12.9. The van der Waals surface area contributed by atoms with Crippen LogP contribution in [0.3, 0.4) is 0 Å². The smallest absolute Gasteiger partial charge is 0.121 e. The molecule has 2 rings (SSSR count). The first-order valence-electron chi connectivity index (χ1n) is 6.52. The van der Waals surface area contributed by atoms with E-state index in [2.05, 4.69) is 33.3 Å². The number of nitrogens with one attached hydrogen (secondary N) is 1. The van der Waals surface area contributed by atoms with E-state index in [0.29, 0.717) is 0 Å². The number of rotatable bonds is 5. The molecule has 1 atom stereocenters. The van der Waals surface area contributed by atoms with Crippen LogP contribution in [0.4, 0.5) is 0 Å². The Morgan fingerprint density at radius 2 is 2.16 bits per heavy atom. The Morgan fingerprint density at radius 1 is 1.42 bits per heavy atom. The zero-order valence-electron chi connectivity index (χ0n) is 11.8. The van der Waals surface area contributed by atoms with E-state index in [0.717, 1.165) is 34.7 Å². The lowest BCUT2D eigenvalue weighted by molar-refractivity contribution is 0.407. The maximum Gasteiger partial charge on any atom is 0.121 e. The van der Waals surface area contributed by atoms with Crippen molar-refractivity contribution in [2.75, 3.05) is 7.05 Å². The van der Waals surface area contributed by atoms with E-state index in [4.69, 9.17) is 4.42 Å². The van der Waals surface area contributed by atoms with Crippen molar-refractivity contribution in [3.05, 3.63) is 39.5 Å². The number of hydrogen-bond acceptors (Lipinski definition) is 3. The van der Waals surface area contributed by atoms with E-state index in [1.807, 2.05) is 37.7 Å². The third-order valence-electron chi connectivity index (χ3n) is 3.30. The van der Waals surface area contributed by atoms with Gasteiger partial charge in [0.05, 0.1) is 21.9 Å². The third kappa shape index (κ3) is 2.92. The SMILES string of the molecule is CCn1nc(C)c(Br)c1CC(NC)c1ccc(C)o1. The quantitative estimate of drug-likeness (QED) is 0.916. The molecule has 0 saturated carbocycles. The average molecular weight is 326 g/mol. The molecule has 104 valence electrons. The summed E-state index contributed by atoms with van der Waals surface area (Å²) in [5, 5.41) is 7.84. The number of furan rings is 1. The van der Waals surface area contributed by atoms with Crippen LogP contribution in [0.1, 0.15) is 35.9 Å². The summed E-state index contributed by atoms with van der Waals surface area (Å²) >= 11 is 3.64. The Bertz CT molecular complexity index is 559. The zero-order valence-corrected chi connectivity index (χ0v) is 13.4. The summed E-state index contributed by atoms with van der Waals surface area (Å²) in [6, 6.07) is 4.19. The summed E-state index contributed by atoms with van der Waals surface area (Å²) in [7, 11) is 1.95. The molecule has 0 aliphatic rings. The second-order valence-electron chi connectivity index (χ2n) is 4.66. The van der Waals surface area contributed by atoms with Crippen LogP contribution in [-0.4, -0.2) is 16.8 Å². The monoisotopic (exact) mass is 325 g/mol. The number of likely N-dealkylation sites (N-methyl/N-ethyl adjacent to an activating group) is 1. The van der Waals surface area contributed by atoms with Crippen LogP contribution in [0.5, 0.6) is 0 Å². The zero-order chi connectivity index (χ0) is 14.0. The van der Waals surface area contributed by atoms with Gasteiger partial charge in [0.25, 0.3) is 0 Å². The van der Waals surface area contributed by atoms with Crippen LogP contribution in [0.25, 0.3) is 0 Å². The molecule has 0 spiro atoms. The van der Waals surface area contributed by atoms with Crippen LogP contribution in [0, 0.1) is 13.8 Å². The molecule has 4 nitrogen and oxygen atoms in total. The molecule has 0 saturated heterocycles. The van der Waals surface area contributed by atoms with Gasteiger partial charge in [-0.3, -0.25) is 4.68 Å². The summed E-state index contributed by atoms with van der Waals surface area (Å²) in [5.74, 6) is 1.91. The van der Waals surface area contributed by atoms with Crippen LogP contribution in [-0.2, 0) is 13.0 Å². The minimum Gasteiger partial charge on any atom is -0.465 e. The Morgan fingerprint density at radius 3 is 2.68 bits per heavy atom. The minimum atomic E-state index is 0.159. The van der Waals surface area contributed by atoms with Crippen molar-refractivity contribution < 1.29 is 4.42 Å². The molecule has 19 heavy (non-hydrogen) atoms. The van der Waals surface area contributed by atoms with E-state index in [-0.39, 0.29) is 6.04 Å².